The Morgan fingerprint density at radius 1 is 1.05 bits per heavy atom. The van der Waals surface area contributed by atoms with Gasteiger partial charge in [0, 0.05) is 26.2 Å². The highest BCUT2D eigenvalue weighted by molar-refractivity contribution is 5.84. The summed E-state index contributed by atoms with van der Waals surface area (Å²) >= 11 is 0. The van der Waals surface area contributed by atoms with Crippen molar-refractivity contribution in [1.82, 2.24) is 10.2 Å². The van der Waals surface area contributed by atoms with Crippen LogP contribution in [-0.4, -0.2) is 44.6 Å². The minimum absolute atomic E-state index is 0.648. The lowest BCUT2D eigenvalue weighted by Gasteiger charge is -2.34. The Hall–Kier alpha value is -1.72. The minimum atomic E-state index is -2.39. The Morgan fingerprint density at radius 3 is 2.41 bits per heavy atom. The molecule has 5 heteroatoms. The standard InChI is InChI=1S/C17H20F2N2O/c1-22-15-5-4-12-10-14(3-2-13(12)11-15)16(17(18)19)21-8-6-20-7-9-21/h2-5,10-11,16-17,20H,6-9H2,1H3/t16-/m0/s1. The Kier molecular flexibility index (Phi) is 4.55. The van der Waals surface area contributed by atoms with Crippen LogP contribution in [0.25, 0.3) is 10.8 Å². The molecule has 1 saturated heterocycles. The van der Waals surface area contributed by atoms with Gasteiger partial charge in [0.1, 0.15) is 5.75 Å². The summed E-state index contributed by atoms with van der Waals surface area (Å²) in [6.45, 7) is 2.81. The Morgan fingerprint density at radius 2 is 1.73 bits per heavy atom. The normalized spacial score (nSPS) is 17.8. The van der Waals surface area contributed by atoms with E-state index < -0.39 is 12.5 Å². The number of methoxy groups -OCH3 is 1. The number of rotatable bonds is 4. The molecule has 0 radical (unpaired) electrons. The SMILES string of the molecule is COc1ccc2cc([C@@H](C(F)F)N3CCNCC3)ccc2c1. The number of ether oxygens (including phenoxy) is 1. The molecule has 0 amide bonds. The van der Waals surface area contributed by atoms with Crippen molar-refractivity contribution in [3.63, 3.8) is 0 Å². The van der Waals surface area contributed by atoms with Crippen LogP contribution in [0.5, 0.6) is 5.75 Å². The zero-order valence-electron chi connectivity index (χ0n) is 12.6. The molecule has 0 spiro atoms. The van der Waals surface area contributed by atoms with Gasteiger partial charge in [0.2, 0.25) is 0 Å². The molecule has 22 heavy (non-hydrogen) atoms. The second-order valence-corrected chi connectivity index (χ2v) is 5.54. The third kappa shape index (κ3) is 3.05. The van der Waals surface area contributed by atoms with Crippen LogP contribution in [0.15, 0.2) is 36.4 Å². The van der Waals surface area contributed by atoms with Gasteiger partial charge in [-0.3, -0.25) is 4.90 Å². The van der Waals surface area contributed by atoms with Crippen molar-refractivity contribution in [3.05, 3.63) is 42.0 Å². The fraction of sp³-hybridized carbons (Fsp3) is 0.412. The van der Waals surface area contributed by atoms with E-state index >= 15 is 0 Å². The summed E-state index contributed by atoms with van der Waals surface area (Å²) in [4.78, 5) is 1.87. The molecule has 2 aromatic rings. The maximum absolute atomic E-state index is 13.6. The Labute approximate surface area is 128 Å². The molecule has 1 aliphatic heterocycles. The predicted molar refractivity (Wildman–Crippen MR) is 83.7 cm³/mol. The van der Waals surface area contributed by atoms with Crippen molar-refractivity contribution in [2.24, 2.45) is 0 Å². The van der Waals surface area contributed by atoms with Crippen LogP contribution < -0.4 is 10.1 Å². The summed E-state index contributed by atoms with van der Waals surface area (Å²) in [5.41, 5.74) is 0.676. The molecule has 1 aliphatic rings. The number of benzene rings is 2. The summed E-state index contributed by atoms with van der Waals surface area (Å²) in [7, 11) is 1.62. The average Bonchev–Trinajstić information content (AvgIpc) is 2.55. The van der Waals surface area contributed by atoms with E-state index in [9.17, 15) is 8.78 Å². The monoisotopic (exact) mass is 306 g/mol. The van der Waals surface area contributed by atoms with E-state index in [1.807, 2.05) is 35.2 Å². The molecule has 1 atom stereocenters. The molecule has 0 unspecified atom stereocenters. The summed E-state index contributed by atoms with van der Waals surface area (Å²) in [5, 5.41) is 5.16. The highest BCUT2D eigenvalue weighted by atomic mass is 19.3. The molecule has 0 bridgehead atoms. The molecule has 118 valence electrons. The topological polar surface area (TPSA) is 24.5 Å². The lowest BCUT2D eigenvalue weighted by Crippen LogP contribution is -2.46. The molecule has 0 aromatic heterocycles. The maximum atomic E-state index is 13.6. The smallest absolute Gasteiger partial charge is 0.258 e. The van der Waals surface area contributed by atoms with Crippen LogP contribution in [0.2, 0.25) is 0 Å². The van der Waals surface area contributed by atoms with Gasteiger partial charge < -0.3 is 10.1 Å². The second-order valence-electron chi connectivity index (χ2n) is 5.54. The number of nitrogens with one attached hydrogen (secondary N) is 1. The van der Waals surface area contributed by atoms with E-state index in [2.05, 4.69) is 5.32 Å². The number of hydrogen-bond acceptors (Lipinski definition) is 3. The van der Waals surface area contributed by atoms with E-state index in [0.717, 1.165) is 29.6 Å². The molecule has 0 aliphatic carbocycles. The number of hydrogen-bond donors (Lipinski definition) is 1. The lowest BCUT2D eigenvalue weighted by molar-refractivity contribution is 0.0182. The minimum Gasteiger partial charge on any atom is -0.497 e. The molecular weight excluding hydrogens is 286 g/mol. The molecule has 1 fully saturated rings. The van der Waals surface area contributed by atoms with Crippen molar-refractivity contribution in [3.8, 4) is 5.75 Å². The first-order valence-electron chi connectivity index (χ1n) is 7.49. The molecule has 1 N–H and O–H groups in total. The lowest BCUT2D eigenvalue weighted by atomic mass is 10.00. The number of halogens is 2. The first kappa shape index (κ1) is 15.2. The molecule has 1 heterocycles. The van der Waals surface area contributed by atoms with E-state index in [1.54, 1.807) is 13.2 Å². The van der Waals surface area contributed by atoms with Gasteiger partial charge in [-0.1, -0.05) is 18.2 Å². The molecule has 3 nitrogen and oxygen atoms in total. The van der Waals surface area contributed by atoms with Crippen molar-refractivity contribution in [1.29, 1.82) is 0 Å². The van der Waals surface area contributed by atoms with Crippen LogP contribution >= 0.6 is 0 Å². The third-order valence-corrected chi connectivity index (χ3v) is 4.20. The van der Waals surface area contributed by atoms with Gasteiger partial charge in [-0.2, -0.15) is 0 Å². The van der Waals surface area contributed by atoms with Gasteiger partial charge in [-0.15, -0.1) is 0 Å². The second kappa shape index (κ2) is 6.58. The van der Waals surface area contributed by atoms with Crippen molar-refractivity contribution in [2.75, 3.05) is 33.3 Å². The number of alkyl halides is 2. The molecule has 2 aromatic carbocycles. The van der Waals surface area contributed by atoms with Gasteiger partial charge in [-0.05, 0) is 34.5 Å². The first-order valence-corrected chi connectivity index (χ1v) is 7.49. The summed E-state index contributed by atoms with van der Waals surface area (Å²) in [6, 6.07) is 10.4. The van der Waals surface area contributed by atoms with Gasteiger partial charge in [0.05, 0.1) is 13.2 Å². The van der Waals surface area contributed by atoms with Crippen LogP contribution in [0.3, 0.4) is 0 Å². The van der Waals surface area contributed by atoms with Gasteiger partial charge in [0.15, 0.2) is 0 Å². The van der Waals surface area contributed by atoms with Crippen LogP contribution in [0.4, 0.5) is 8.78 Å². The largest absolute Gasteiger partial charge is 0.497 e. The maximum Gasteiger partial charge on any atom is 0.258 e. The Balaban J connectivity index is 1.95. The van der Waals surface area contributed by atoms with Gasteiger partial charge in [-0.25, -0.2) is 8.78 Å². The molecular formula is C17H20F2N2O. The van der Waals surface area contributed by atoms with Crippen LogP contribution in [-0.2, 0) is 0 Å². The van der Waals surface area contributed by atoms with Gasteiger partial charge in [0.25, 0.3) is 6.43 Å². The summed E-state index contributed by atoms with van der Waals surface area (Å²) in [6.07, 6.45) is -2.39. The number of fused-ring (bicyclic) bond motifs is 1. The number of piperazine rings is 1. The van der Waals surface area contributed by atoms with E-state index in [1.165, 1.54) is 0 Å². The third-order valence-electron chi connectivity index (χ3n) is 4.20. The Bertz CT molecular complexity index is 642. The van der Waals surface area contributed by atoms with Crippen molar-refractivity contribution in [2.45, 2.75) is 12.5 Å². The first-order chi connectivity index (χ1) is 10.7. The van der Waals surface area contributed by atoms with E-state index in [0.29, 0.717) is 18.7 Å². The van der Waals surface area contributed by atoms with Crippen LogP contribution in [0.1, 0.15) is 11.6 Å². The van der Waals surface area contributed by atoms with E-state index in [4.69, 9.17) is 4.74 Å². The molecule has 0 saturated carbocycles. The van der Waals surface area contributed by atoms with Crippen LogP contribution in [0, 0.1) is 0 Å². The highest BCUT2D eigenvalue weighted by Gasteiger charge is 2.30. The fourth-order valence-corrected chi connectivity index (χ4v) is 3.03. The predicted octanol–water partition coefficient (Wildman–Crippen LogP) is 3.06. The van der Waals surface area contributed by atoms with E-state index in [-0.39, 0.29) is 0 Å². The van der Waals surface area contributed by atoms with Gasteiger partial charge >= 0.3 is 0 Å². The zero-order chi connectivity index (χ0) is 15.5. The quantitative estimate of drug-likeness (QED) is 0.939. The number of nitrogens with zero attached hydrogens (tertiary/aromatic N) is 1. The van der Waals surface area contributed by atoms with Crippen molar-refractivity contribution >= 4 is 10.8 Å². The summed E-state index contributed by atoms with van der Waals surface area (Å²) < 4.78 is 32.4. The summed E-state index contributed by atoms with van der Waals surface area (Å²) in [5.74, 6) is 0.771. The van der Waals surface area contributed by atoms with Crippen molar-refractivity contribution < 1.29 is 13.5 Å². The average molecular weight is 306 g/mol. The fourth-order valence-electron chi connectivity index (χ4n) is 3.03. The molecule has 3 rings (SSSR count). The zero-order valence-corrected chi connectivity index (χ0v) is 12.6. The highest BCUT2D eigenvalue weighted by Crippen LogP contribution is 2.31.